The van der Waals surface area contributed by atoms with Crippen LogP contribution >= 0.6 is 0 Å². The number of nitrogens with zero attached hydrogens (tertiary/aromatic N) is 3. The smallest absolute Gasteiger partial charge is 0.219 e. The molecule has 152 valence electrons. The second-order valence-corrected chi connectivity index (χ2v) is 7.02. The van der Waals surface area contributed by atoms with Gasteiger partial charge in [-0.15, -0.1) is 0 Å². The van der Waals surface area contributed by atoms with Crippen molar-refractivity contribution in [3.05, 3.63) is 47.8 Å². The van der Waals surface area contributed by atoms with E-state index in [1.807, 2.05) is 36.4 Å². The minimum atomic E-state index is 0.155. The lowest BCUT2D eigenvalue weighted by atomic mass is 10.1. The standard InChI is InChI=1S/C21H26N6O2/c1-2-4-15-13-20(27-26-15)24-19-14-21(29-17-8-10-22-11-9-17)25-18(23-19)7-6-16-5-3-12-28-16/h3,5-7,12-14,17,22H,2,4,8-11H2,1H3,(H2,23,24,25,26,27)/b7-6+. The third-order valence-electron chi connectivity index (χ3n) is 4.64. The number of H-pyrrole nitrogens is 1. The number of hydrogen-bond acceptors (Lipinski definition) is 7. The van der Waals surface area contributed by atoms with Crippen LogP contribution in [0.2, 0.25) is 0 Å². The summed E-state index contributed by atoms with van der Waals surface area (Å²) in [6, 6.07) is 7.54. The molecule has 0 saturated carbocycles. The van der Waals surface area contributed by atoms with Crippen LogP contribution in [-0.4, -0.2) is 39.4 Å². The molecule has 0 radical (unpaired) electrons. The second kappa shape index (κ2) is 9.38. The zero-order valence-electron chi connectivity index (χ0n) is 16.5. The van der Waals surface area contributed by atoms with Crippen LogP contribution < -0.4 is 15.4 Å². The van der Waals surface area contributed by atoms with E-state index >= 15 is 0 Å². The van der Waals surface area contributed by atoms with Gasteiger partial charge in [-0.05, 0) is 56.6 Å². The van der Waals surface area contributed by atoms with Crippen LogP contribution in [0.5, 0.6) is 5.88 Å². The van der Waals surface area contributed by atoms with E-state index in [9.17, 15) is 0 Å². The van der Waals surface area contributed by atoms with Crippen LogP contribution in [0.25, 0.3) is 12.2 Å². The van der Waals surface area contributed by atoms with Gasteiger partial charge in [-0.25, -0.2) is 4.98 Å². The summed E-state index contributed by atoms with van der Waals surface area (Å²) in [6.07, 6.45) is 9.38. The van der Waals surface area contributed by atoms with Crippen LogP contribution in [0.1, 0.15) is 43.5 Å². The number of anilines is 2. The Morgan fingerprint density at radius 1 is 1.21 bits per heavy atom. The predicted octanol–water partition coefficient (Wildman–Crippen LogP) is 3.79. The van der Waals surface area contributed by atoms with Crippen molar-refractivity contribution < 1.29 is 9.15 Å². The van der Waals surface area contributed by atoms with Gasteiger partial charge in [0.05, 0.1) is 6.26 Å². The lowest BCUT2D eigenvalue weighted by Crippen LogP contribution is -2.34. The average Bonchev–Trinajstić information content (AvgIpc) is 3.40. The lowest BCUT2D eigenvalue weighted by molar-refractivity contribution is 0.155. The highest BCUT2D eigenvalue weighted by atomic mass is 16.5. The summed E-state index contributed by atoms with van der Waals surface area (Å²) in [5, 5.41) is 14.0. The van der Waals surface area contributed by atoms with Crippen LogP contribution in [0, 0.1) is 0 Å². The molecule has 1 aliphatic heterocycles. The van der Waals surface area contributed by atoms with E-state index in [2.05, 4.69) is 37.7 Å². The maximum absolute atomic E-state index is 6.14. The van der Waals surface area contributed by atoms with Crippen molar-refractivity contribution in [1.82, 2.24) is 25.5 Å². The average molecular weight is 394 g/mol. The van der Waals surface area contributed by atoms with Crippen molar-refractivity contribution in [2.75, 3.05) is 18.4 Å². The quantitative estimate of drug-likeness (QED) is 0.534. The van der Waals surface area contributed by atoms with Crippen molar-refractivity contribution in [1.29, 1.82) is 0 Å². The fraction of sp³-hybridized carbons (Fsp3) is 0.381. The minimum absolute atomic E-state index is 0.155. The number of furan rings is 1. The first-order valence-electron chi connectivity index (χ1n) is 10.1. The summed E-state index contributed by atoms with van der Waals surface area (Å²) in [7, 11) is 0. The first-order chi connectivity index (χ1) is 14.3. The second-order valence-electron chi connectivity index (χ2n) is 7.02. The molecule has 3 N–H and O–H groups in total. The summed E-state index contributed by atoms with van der Waals surface area (Å²) >= 11 is 0. The summed E-state index contributed by atoms with van der Waals surface area (Å²) in [5.74, 6) is 3.19. The van der Waals surface area contributed by atoms with E-state index in [-0.39, 0.29) is 6.10 Å². The molecule has 0 spiro atoms. The van der Waals surface area contributed by atoms with E-state index in [4.69, 9.17) is 9.15 Å². The zero-order chi connectivity index (χ0) is 19.9. The van der Waals surface area contributed by atoms with Gasteiger partial charge in [0.1, 0.15) is 17.7 Å². The molecule has 0 unspecified atom stereocenters. The Morgan fingerprint density at radius 2 is 2.10 bits per heavy atom. The molecule has 8 heteroatoms. The number of ether oxygens (including phenoxy) is 1. The van der Waals surface area contributed by atoms with Gasteiger partial charge < -0.3 is 19.8 Å². The molecule has 1 fully saturated rings. The monoisotopic (exact) mass is 394 g/mol. The molecule has 3 aromatic heterocycles. The van der Waals surface area contributed by atoms with Crippen LogP contribution in [0.15, 0.2) is 34.9 Å². The highest BCUT2D eigenvalue weighted by Crippen LogP contribution is 2.22. The molecule has 8 nitrogen and oxygen atoms in total. The number of aromatic nitrogens is 4. The Hall–Kier alpha value is -3.13. The van der Waals surface area contributed by atoms with Crippen molar-refractivity contribution in [2.24, 2.45) is 0 Å². The van der Waals surface area contributed by atoms with E-state index in [0.717, 1.165) is 56.0 Å². The normalized spacial score (nSPS) is 15.1. The van der Waals surface area contributed by atoms with Gasteiger partial charge in [-0.1, -0.05) is 13.3 Å². The van der Waals surface area contributed by atoms with E-state index in [0.29, 0.717) is 17.5 Å². The highest BCUT2D eigenvalue weighted by molar-refractivity contribution is 5.65. The van der Waals surface area contributed by atoms with Gasteiger partial charge in [0.25, 0.3) is 0 Å². The molecule has 0 aromatic carbocycles. The maximum atomic E-state index is 6.14. The van der Waals surface area contributed by atoms with Gasteiger partial charge in [0.15, 0.2) is 11.6 Å². The molecule has 0 aliphatic carbocycles. The molecule has 0 amide bonds. The Kier molecular flexibility index (Phi) is 6.21. The zero-order valence-corrected chi connectivity index (χ0v) is 16.5. The minimum Gasteiger partial charge on any atom is -0.474 e. The van der Waals surface area contributed by atoms with Gasteiger partial charge in [-0.3, -0.25) is 5.10 Å². The number of piperidine rings is 1. The van der Waals surface area contributed by atoms with Crippen LogP contribution in [-0.2, 0) is 6.42 Å². The van der Waals surface area contributed by atoms with Crippen molar-refractivity contribution in [2.45, 2.75) is 38.7 Å². The van der Waals surface area contributed by atoms with E-state index in [1.54, 1.807) is 6.26 Å². The number of nitrogens with one attached hydrogen (secondary N) is 3. The van der Waals surface area contributed by atoms with Crippen molar-refractivity contribution >= 4 is 23.8 Å². The largest absolute Gasteiger partial charge is 0.474 e. The molecule has 0 atom stereocenters. The Morgan fingerprint density at radius 3 is 2.90 bits per heavy atom. The van der Waals surface area contributed by atoms with Gasteiger partial charge in [0.2, 0.25) is 5.88 Å². The van der Waals surface area contributed by atoms with Gasteiger partial charge in [-0.2, -0.15) is 10.1 Å². The fourth-order valence-corrected chi connectivity index (χ4v) is 3.22. The fourth-order valence-electron chi connectivity index (χ4n) is 3.22. The SMILES string of the molecule is CCCc1cc(Nc2cc(OC3CCNCC3)nc(/C=C/c3ccco3)n2)n[nH]1. The first-order valence-corrected chi connectivity index (χ1v) is 10.1. The molecular formula is C21H26N6O2. The third-order valence-corrected chi connectivity index (χ3v) is 4.64. The Bertz CT molecular complexity index is 929. The highest BCUT2D eigenvalue weighted by Gasteiger charge is 2.16. The topological polar surface area (TPSA) is 101 Å². The van der Waals surface area contributed by atoms with E-state index < -0.39 is 0 Å². The molecule has 29 heavy (non-hydrogen) atoms. The lowest BCUT2D eigenvalue weighted by Gasteiger charge is -2.23. The maximum Gasteiger partial charge on any atom is 0.219 e. The van der Waals surface area contributed by atoms with Crippen molar-refractivity contribution in [3.8, 4) is 5.88 Å². The predicted molar refractivity (Wildman–Crippen MR) is 112 cm³/mol. The summed E-state index contributed by atoms with van der Waals surface area (Å²) in [5.41, 5.74) is 1.09. The Labute approximate surface area is 169 Å². The Balaban J connectivity index is 1.55. The first kappa shape index (κ1) is 19.2. The third kappa shape index (κ3) is 5.45. The number of aromatic amines is 1. The van der Waals surface area contributed by atoms with Crippen LogP contribution in [0.4, 0.5) is 11.6 Å². The summed E-state index contributed by atoms with van der Waals surface area (Å²) < 4.78 is 11.5. The summed E-state index contributed by atoms with van der Waals surface area (Å²) in [6.45, 7) is 4.06. The molecule has 3 aromatic rings. The van der Waals surface area contributed by atoms with Crippen molar-refractivity contribution in [3.63, 3.8) is 0 Å². The number of rotatable bonds is 8. The molecular weight excluding hydrogens is 368 g/mol. The molecule has 1 saturated heterocycles. The van der Waals surface area contributed by atoms with Gasteiger partial charge in [0, 0.05) is 17.8 Å². The molecule has 4 rings (SSSR count). The van der Waals surface area contributed by atoms with E-state index in [1.165, 1.54) is 0 Å². The molecule has 0 bridgehead atoms. The molecule has 1 aliphatic rings. The van der Waals surface area contributed by atoms with Gasteiger partial charge >= 0.3 is 0 Å². The summed E-state index contributed by atoms with van der Waals surface area (Å²) in [4.78, 5) is 9.13. The number of aryl methyl sites for hydroxylation is 1. The number of hydrogen-bond donors (Lipinski definition) is 3. The molecule has 4 heterocycles. The van der Waals surface area contributed by atoms with Crippen LogP contribution in [0.3, 0.4) is 0 Å².